The fourth-order valence-electron chi connectivity index (χ4n) is 3.34. The van der Waals surface area contributed by atoms with E-state index in [0.717, 1.165) is 5.56 Å². The van der Waals surface area contributed by atoms with E-state index >= 15 is 0 Å². The summed E-state index contributed by atoms with van der Waals surface area (Å²) in [5, 5.41) is 9.49. The molecule has 2 saturated heterocycles. The highest BCUT2D eigenvalue weighted by molar-refractivity contribution is 5.76. The molecule has 2 aliphatic heterocycles. The van der Waals surface area contributed by atoms with Crippen LogP contribution in [0, 0.1) is 11.3 Å². The molecule has 0 aromatic heterocycles. The van der Waals surface area contributed by atoms with Gasteiger partial charge < -0.3 is 14.6 Å². The number of rotatable bonds is 5. The zero-order valence-corrected chi connectivity index (χ0v) is 11.9. The van der Waals surface area contributed by atoms with Gasteiger partial charge in [0, 0.05) is 25.6 Å². The largest absolute Gasteiger partial charge is 0.481 e. The van der Waals surface area contributed by atoms with Crippen LogP contribution in [-0.4, -0.2) is 48.9 Å². The zero-order valence-electron chi connectivity index (χ0n) is 11.9. The van der Waals surface area contributed by atoms with Crippen molar-refractivity contribution in [2.24, 2.45) is 11.3 Å². The molecule has 0 bridgehead atoms. The summed E-state index contributed by atoms with van der Waals surface area (Å²) in [7, 11) is 0. The lowest BCUT2D eigenvalue weighted by molar-refractivity contribution is -0.149. The van der Waals surface area contributed by atoms with Crippen LogP contribution in [0.1, 0.15) is 5.56 Å². The number of carbonyl (C=O) groups is 1. The monoisotopic (exact) mass is 313 g/mol. The van der Waals surface area contributed by atoms with Crippen molar-refractivity contribution in [1.29, 1.82) is 0 Å². The van der Waals surface area contributed by atoms with Gasteiger partial charge in [0.25, 0.3) is 0 Å². The lowest BCUT2D eigenvalue weighted by Crippen LogP contribution is -2.38. The average molecular weight is 313 g/mol. The molecule has 0 unspecified atom stereocenters. The molecule has 0 aliphatic carbocycles. The maximum Gasteiger partial charge on any atom is 0.387 e. The number of carboxylic acids is 1. The Bertz CT molecular complexity index is 568. The zero-order chi connectivity index (χ0) is 15.7. The normalized spacial score (nSPS) is 28.0. The van der Waals surface area contributed by atoms with Gasteiger partial charge in [-0.2, -0.15) is 8.78 Å². The minimum absolute atomic E-state index is 0.0227. The quantitative estimate of drug-likeness (QED) is 0.898. The molecular weight excluding hydrogens is 296 g/mol. The van der Waals surface area contributed by atoms with Crippen molar-refractivity contribution in [3.63, 3.8) is 0 Å². The number of alkyl halides is 2. The van der Waals surface area contributed by atoms with Crippen LogP contribution in [0.3, 0.4) is 0 Å². The highest BCUT2D eigenvalue weighted by Gasteiger charge is 2.55. The number of hydrogen-bond donors (Lipinski definition) is 1. The number of halogens is 2. The first-order valence-electron chi connectivity index (χ1n) is 7.07. The van der Waals surface area contributed by atoms with E-state index in [2.05, 4.69) is 4.74 Å². The molecule has 0 radical (unpaired) electrons. The molecule has 120 valence electrons. The van der Waals surface area contributed by atoms with E-state index in [-0.39, 0.29) is 18.3 Å². The number of likely N-dealkylation sites (tertiary alicyclic amines) is 1. The number of benzene rings is 1. The maximum absolute atomic E-state index is 12.2. The first-order chi connectivity index (χ1) is 10.5. The Balaban J connectivity index is 1.69. The fraction of sp³-hybridized carbons (Fsp3) is 0.533. The Kier molecular flexibility index (Phi) is 4.01. The summed E-state index contributed by atoms with van der Waals surface area (Å²) < 4.78 is 34.2. The SMILES string of the molecule is O=C(O)[C@]12COC[C@H]1CN(Cc1cccc(OC(F)F)c1)C2. The minimum atomic E-state index is -2.85. The van der Waals surface area contributed by atoms with E-state index in [1.807, 2.05) is 11.0 Å². The van der Waals surface area contributed by atoms with E-state index in [0.29, 0.717) is 26.2 Å². The van der Waals surface area contributed by atoms with E-state index < -0.39 is 18.0 Å². The van der Waals surface area contributed by atoms with Crippen LogP contribution in [0.2, 0.25) is 0 Å². The van der Waals surface area contributed by atoms with Gasteiger partial charge in [0.2, 0.25) is 0 Å². The third-order valence-electron chi connectivity index (χ3n) is 4.40. The molecule has 1 aromatic rings. The summed E-state index contributed by atoms with van der Waals surface area (Å²) in [5.41, 5.74) is -0.0172. The van der Waals surface area contributed by atoms with Gasteiger partial charge in [-0.15, -0.1) is 0 Å². The topological polar surface area (TPSA) is 59.0 Å². The number of aliphatic carboxylic acids is 1. The highest BCUT2D eigenvalue weighted by atomic mass is 19.3. The highest BCUT2D eigenvalue weighted by Crippen LogP contribution is 2.42. The van der Waals surface area contributed by atoms with Gasteiger partial charge in [0.1, 0.15) is 11.2 Å². The molecule has 2 heterocycles. The molecule has 2 aliphatic rings. The molecule has 7 heteroatoms. The van der Waals surface area contributed by atoms with Crippen LogP contribution in [0.5, 0.6) is 5.75 Å². The van der Waals surface area contributed by atoms with Crippen LogP contribution in [0.15, 0.2) is 24.3 Å². The van der Waals surface area contributed by atoms with Crippen molar-refractivity contribution in [2.45, 2.75) is 13.2 Å². The molecule has 0 amide bonds. The van der Waals surface area contributed by atoms with E-state index in [1.165, 1.54) is 6.07 Å². The van der Waals surface area contributed by atoms with E-state index in [1.54, 1.807) is 12.1 Å². The van der Waals surface area contributed by atoms with Crippen LogP contribution in [0.4, 0.5) is 8.78 Å². The molecule has 0 spiro atoms. The molecule has 2 atom stereocenters. The Morgan fingerprint density at radius 2 is 2.36 bits per heavy atom. The lowest BCUT2D eigenvalue weighted by atomic mass is 9.81. The first kappa shape index (κ1) is 15.2. The number of fused-ring (bicyclic) bond motifs is 1. The van der Waals surface area contributed by atoms with Crippen molar-refractivity contribution in [3.05, 3.63) is 29.8 Å². The molecular formula is C15H17F2NO4. The summed E-state index contributed by atoms with van der Waals surface area (Å²) in [6.07, 6.45) is 0. The summed E-state index contributed by atoms with van der Waals surface area (Å²) in [4.78, 5) is 13.6. The van der Waals surface area contributed by atoms with Crippen LogP contribution in [-0.2, 0) is 16.1 Å². The molecule has 22 heavy (non-hydrogen) atoms. The molecule has 2 fully saturated rings. The van der Waals surface area contributed by atoms with Gasteiger partial charge in [0.05, 0.1) is 13.2 Å². The minimum Gasteiger partial charge on any atom is -0.481 e. The van der Waals surface area contributed by atoms with Crippen molar-refractivity contribution in [2.75, 3.05) is 26.3 Å². The van der Waals surface area contributed by atoms with E-state index in [9.17, 15) is 18.7 Å². The second kappa shape index (κ2) is 5.81. The van der Waals surface area contributed by atoms with Gasteiger partial charge in [-0.25, -0.2) is 0 Å². The number of carboxylic acid groups (broad SMARTS) is 1. The predicted molar refractivity (Wildman–Crippen MR) is 72.7 cm³/mol. The Morgan fingerprint density at radius 3 is 3.05 bits per heavy atom. The van der Waals surface area contributed by atoms with Crippen molar-refractivity contribution in [1.82, 2.24) is 4.90 Å². The van der Waals surface area contributed by atoms with Crippen molar-refractivity contribution >= 4 is 5.97 Å². The van der Waals surface area contributed by atoms with Crippen LogP contribution >= 0.6 is 0 Å². The summed E-state index contributed by atoms with van der Waals surface area (Å²) >= 11 is 0. The van der Waals surface area contributed by atoms with Crippen molar-refractivity contribution in [3.8, 4) is 5.75 Å². The Morgan fingerprint density at radius 1 is 1.55 bits per heavy atom. The van der Waals surface area contributed by atoms with Gasteiger partial charge in [-0.3, -0.25) is 9.69 Å². The van der Waals surface area contributed by atoms with Gasteiger partial charge in [0.15, 0.2) is 0 Å². The average Bonchev–Trinajstić information content (AvgIpc) is 2.95. The summed E-state index contributed by atoms with van der Waals surface area (Å²) in [6, 6.07) is 6.50. The Hall–Kier alpha value is -1.73. The molecule has 5 nitrogen and oxygen atoms in total. The van der Waals surface area contributed by atoms with E-state index in [4.69, 9.17) is 4.74 Å². The first-order valence-corrected chi connectivity index (χ1v) is 7.07. The smallest absolute Gasteiger partial charge is 0.387 e. The fourth-order valence-corrected chi connectivity index (χ4v) is 3.34. The second-order valence-electron chi connectivity index (χ2n) is 5.87. The summed E-state index contributed by atoms with van der Waals surface area (Å²) in [5.74, 6) is -0.735. The third-order valence-corrected chi connectivity index (χ3v) is 4.40. The third kappa shape index (κ3) is 2.78. The molecule has 3 rings (SSSR count). The standard InChI is InChI=1S/C15H17F2NO4/c16-14(17)22-12-3-1-2-10(4-12)5-18-6-11-7-21-9-15(11,8-18)13(19)20/h1-4,11,14H,5-9H2,(H,19,20)/t11-,15-/m1/s1. The predicted octanol–water partition coefficient (Wildman–Crippen LogP) is 1.82. The molecule has 1 N–H and O–H groups in total. The number of nitrogens with zero attached hydrogens (tertiary/aromatic N) is 1. The number of ether oxygens (including phenoxy) is 2. The van der Waals surface area contributed by atoms with Gasteiger partial charge >= 0.3 is 12.6 Å². The maximum atomic E-state index is 12.2. The van der Waals surface area contributed by atoms with Crippen LogP contribution < -0.4 is 4.74 Å². The van der Waals surface area contributed by atoms with Crippen molar-refractivity contribution < 1.29 is 28.2 Å². The second-order valence-corrected chi connectivity index (χ2v) is 5.87. The molecule has 0 saturated carbocycles. The van der Waals surface area contributed by atoms with Gasteiger partial charge in [-0.05, 0) is 17.7 Å². The van der Waals surface area contributed by atoms with Crippen LogP contribution in [0.25, 0.3) is 0 Å². The molecule has 1 aromatic carbocycles. The van der Waals surface area contributed by atoms with Gasteiger partial charge in [-0.1, -0.05) is 12.1 Å². The lowest BCUT2D eigenvalue weighted by Gasteiger charge is -2.22. The number of hydrogen-bond acceptors (Lipinski definition) is 4. The Labute approximate surface area is 126 Å². The summed E-state index contributed by atoms with van der Waals surface area (Å²) in [6.45, 7) is -0.616.